The standard InChI is InChI=1S/C13H20N2O3/c1-3-9-4-5-11(14)10(6-9)13(18)12(17)7-15-8(2)16/h4-6,12-13,17-18H,3,7,14H2,1-2H3,(H,15,16). The molecule has 1 aromatic rings. The van der Waals surface area contributed by atoms with Crippen molar-refractivity contribution >= 4 is 11.6 Å². The van der Waals surface area contributed by atoms with Gasteiger partial charge in [-0.05, 0) is 18.1 Å². The Balaban J connectivity index is 2.81. The molecule has 1 rings (SSSR count). The fraction of sp³-hybridized carbons (Fsp3) is 0.462. The van der Waals surface area contributed by atoms with E-state index in [1.54, 1.807) is 12.1 Å². The molecule has 100 valence electrons. The van der Waals surface area contributed by atoms with Gasteiger partial charge in [-0.15, -0.1) is 0 Å². The molecular formula is C13H20N2O3. The van der Waals surface area contributed by atoms with Crippen molar-refractivity contribution in [1.29, 1.82) is 0 Å². The van der Waals surface area contributed by atoms with E-state index in [0.29, 0.717) is 11.3 Å². The Hall–Kier alpha value is -1.59. The predicted octanol–water partition coefficient (Wildman–Crippen LogP) is 0.362. The number of aliphatic hydroxyl groups is 2. The van der Waals surface area contributed by atoms with Gasteiger partial charge >= 0.3 is 0 Å². The zero-order valence-corrected chi connectivity index (χ0v) is 10.7. The van der Waals surface area contributed by atoms with Crippen molar-refractivity contribution in [2.45, 2.75) is 32.5 Å². The van der Waals surface area contributed by atoms with Gasteiger partial charge < -0.3 is 21.3 Å². The number of nitrogens with one attached hydrogen (secondary N) is 1. The highest BCUT2D eigenvalue weighted by molar-refractivity contribution is 5.72. The Morgan fingerprint density at radius 3 is 2.67 bits per heavy atom. The maximum absolute atomic E-state index is 10.7. The summed E-state index contributed by atoms with van der Waals surface area (Å²) in [6.45, 7) is 3.34. The maximum Gasteiger partial charge on any atom is 0.216 e. The van der Waals surface area contributed by atoms with Crippen molar-refractivity contribution in [1.82, 2.24) is 5.32 Å². The Labute approximate surface area is 107 Å². The molecule has 0 aliphatic rings. The van der Waals surface area contributed by atoms with E-state index in [1.165, 1.54) is 6.92 Å². The molecule has 0 aliphatic carbocycles. The molecule has 0 aromatic heterocycles. The van der Waals surface area contributed by atoms with Gasteiger partial charge in [0.1, 0.15) is 12.2 Å². The van der Waals surface area contributed by atoms with Gasteiger partial charge in [0.05, 0.1) is 0 Å². The van der Waals surface area contributed by atoms with Gasteiger partial charge in [-0.25, -0.2) is 0 Å². The number of aryl methyl sites for hydroxylation is 1. The van der Waals surface area contributed by atoms with Crippen molar-refractivity contribution < 1.29 is 15.0 Å². The largest absolute Gasteiger partial charge is 0.398 e. The molecule has 0 aliphatic heterocycles. The van der Waals surface area contributed by atoms with Crippen LogP contribution < -0.4 is 11.1 Å². The smallest absolute Gasteiger partial charge is 0.216 e. The molecule has 5 heteroatoms. The first-order valence-electron chi connectivity index (χ1n) is 5.94. The number of anilines is 1. The van der Waals surface area contributed by atoms with E-state index in [-0.39, 0.29) is 12.5 Å². The number of aliphatic hydroxyl groups excluding tert-OH is 2. The van der Waals surface area contributed by atoms with Crippen LogP contribution in [0, 0.1) is 0 Å². The highest BCUT2D eigenvalue weighted by Gasteiger charge is 2.20. The van der Waals surface area contributed by atoms with Crippen LogP contribution in [-0.2, 0) is 11.2 Å². The average molecular weight is 252 g/mol. The van der Waals surface area contributed by atoms with Crippen molar-refractivity contribution in [2.75, 3.05) is 12.3 Å². The second-order valence-corrected chi connectivity index (χ2v) is 4.27. The minimum absolute atomic E-state index is 0.00765. The van der Waals surface area contributed by atoms with Crippen LogP contribution in [0.3, 0.4) is 0 Å². The summed E-state index contributed by atoms with van der Waals surface area (Å²) >= 11 is 0. The van der Waals surface area contributed by atoms with Crippen molar-refractivity contribution in [3.8, 4) is 0 Å². The normalized spacial score (nSPS) is 14.0. The summed E-state index contributed by atoms with van der Waals surface area (Å²) in [5, 5.41) is 22.3. The number of nitrogens with two attached hydrogens (primary N) is 1. The molecule has 2 atom stereocenters. The second kappa shape index (κ2) is 6.37. The quantitative estimate of drug-likeness (QED) is 0.569. The van der Waals surface area contributed by atoms with Crippen molar-refractivity contribution in [3.05, 3.63) is 29.3 Å². The third kappa shape index (κ3) is 3.72. The van der Waals surface area contributed by atoms with Gasteiger partial charge in [0.2, 0.25) is 5.91 Å². The summed E-state index contributed by atoms with van der Waals surface area (Å²) in [4.78, 5) is 10.7. The molecule has 0 bridgehead atoms. The van der Waals surface area contributed by atoms with Crippen LogP contribution >= 0.6 is 0 Å². The number of amides is 1. The van der Waals surface area contributed by atoms with Crippen LogP contribution in [0.4, 0.5) is 5.69 Å². The van der Waals surface area contributed by atoms with Crippen LogP contribution in [0.25, 0.3) is 0 Å². The van der Waals surface area contributed by atoms with E-state index in [2.05, 4.69) is 5.32 Å². The zero-order valence-electron chi connectivity index (χ0n) is 10.7. The van der Waals surface area contributed by atoms with Crippen LogP contribution in [0.5, 0.6) is 0 Å². The molecule has 5 N–H and O–H groups in total. The van der Waals surface area contributed by atoms with E-state index >= 15 is 0 Å². The Morgan fingerprint density at radius 2 is 2.11 bits per heavy atom. The average Bonchev–Trinajstić information content (AvgIpc) is 2.35. The lowest BCUT2D eigenvalue weighted by atomic mass is 9.99. The minimum Gasteiger partial charge on any atom is -0.398 e. The lowest BCUT2D eigenvalue weighted by Crippen LogP contribution is -2.34. The molecule has 18 heavy (non-hydrogen) atoms. The fourth-order valence-electron chi connectivity index (χ4n) is 1.67. The van der Waals surface area contributed by atoms with Gasteiger partial charge in [0.25, 0.3) is 0 Å². The Morgan fingerprint density at radius 1 is 1.44 bits per heavy atom. The Bertz CT molecular complexity index is 421. The number of carbonyl (C=O) groups excluding carboxylic acids is 1. The summed E-state index contributed by atoms with van der Waals surface area (Å²) in [7, 11) is 0. The van der Waals surface area contributed by atoms with E-state index in [1.807, 2.05) is 13.0 Å². The van der Waals surface area contributed by atoms with Crippen LogP contribution in [0.15, 0.2) is 18.2 Å². The molecule has 0 saturated carbocycles. The first-order chi connectivity index (χ1) is 8.45. The van der Waals surface area contributed by atoms with Gasteiger partial charge in [0.15, 0.2) is 0 Å². The lowest BCUT2D eigenvalue weighted by Gasteiger charge is -2.20. The van der Waals surface area contributed by atoms with Crippen LogP contribution in [0.1, 0.15) is 31.1 Å². The zero-order chi connectivity index (χ0) is 13.7. The first kappa shape index (κ1) is 14.5. The summed E-state index contributed by atoms with van der Waals surface area (Å²) in [6.07, 6.45) is -1.37. The van der Waals surface area contributed by atoms with E-state index in [9.17, 15) is 15.0 Å². The molecule has 0 heterocycles. The van der Waals surface area contributed by atoms with Gasteiger partial charge in [-0.2, -0.15) is 0 Å². The van der Waals surface area contributed by atoms with Gasteiger partial charge in [0, 0.05) is 24.7 Å². The number of carbonyl (C=O) groups is 1. The van der Waals surface area contributed by atoms with Gasteiger partial charge in [-0.1, -0.05) is 19.1 Å². The summed E-state index contributed by atoms with van der Waals surface area (Å²) in [5.41, 5.74) is 7.74. The number of hydrogen-bond donors (Lipinski definition) is 4. The van der Waals surface area contributed by atoms with E-state index in [0.717, 1.165) is 12.0 Å². The number of rotatable bonds is 5. The van der Waals surface area contributed by atoms with Crippen molar-refractivity contribution in [2.24, 2.45) is 0 Å². The lowest BCUT2D eigenvalue weighted by molar-refractivity contribution is -0.119. The topological polar surface area (TPSA) is 95.6 Å². The maximum atomic E-state index is 10.7. The molecule has 0 spiro atoms. The second-order valence-electron chi connectivity index (χ2n) is 4.27. The molecule has 1 amide bonds. The first-order valence-corrected chi connectivity index (χ1v) is 5.94. The Kier molecular flexibility index (Phi) is 5.12. The summed E-state index contributed by atoms with van der Waals surface area (Å²) in [5.74, 6) is -0.253. The van der Waals surface area contributed by atoms with E-state index < -0.39 is 12.2 Å². The predicted molar refractivity (Wildman–Crippen MR) is 69.9 cm³/mol. The van der Waals surface area contributed by atoms with Crippen LogP contribution in [-0.4, -0.2) is 28.8 Å². The molecule has 5 nitrogen and oxygen atoms in total. The van der Waals surface area contributed by atoms with Crippen molar-refractivity contribution in [3.63, 3.8) is 0 Å². The van der Waals surface area contributed by atoms with Gasteiger partial charge in [-0.3, -0.25) is 4.79 Å². The third-order valence-electron chi connectivity index (χ3n) is 2.80. The highest BCUT2D eigenvalue weighted by atomic mass is 16.3. The fourth-order valence-corrected chi connectivity index (χ4v) is 1.67. The molecule has 0 radical (unpaired) electrons. The molecule has 0 saturated heterocycles. The minimum atomic E-state index is -1.11. The SMILES string of the molecule is CCc1ccc(N)c(C(O)C(O)CNC(C)=O)c1. The summed E-state index contributed by atoms with van der Waals surface area (Å²) in [6, 6.07) is 5.37. The third-order valence-corrected chi connectivity index (χ3v) is 2.80. The highest BCUT2D eigenvalue weighted by Crippen LogP contribution is 2.24. The summed E-state index contributed by atoms with van der Waals surface area (Å²) < 4.78 is 0. The van der Waals surface area contributed by atoms with Crippen LogP contribution in [0.2, 0.25) is 0 Å². The number of nitrogen functional groups attached to an aromatic ring is 1. The molecule has 2 unspecified atom stereocenters. The molecular weight excluding hydrogens is 232 g/mol. The van der Waals surface area contributed by atoms with E-state index in [4.69, 9.17) is 5.73 Å². The number of benzene rings is 1. The molecule has 1 aromatic carbocycles. The monoisotopic (exact) mass is 252 g/mol. The number of hydrogen-bond acceptors (Lipinski definition) is 4. The molecule has 0 fully saturated rings.